The van der Waals surface area contributed by atoms with Crippen molar-refractivity contribution in [3.63, 3.8) is 0 Å². The van der Waals surface area contributed by atoms with E-state index in [-0.39, 0.29) is 14.5 Å². The quantitative estimate of drug-likeness (QED) is 0.816. The number of benzene rings is 1. The molecule has 0 radical (unpaired) electrons. The third kappa shape index (κ3) is 4.94. The molecule has 0 spiro atoms. The van der Waals surface area contributed by atoms with Gasteiger partial charge in [0.2, 0.25) is 0 Å². The second-order valence-electron chi connectivity index (χ2n) is 7.73. The summed E-state index contributed by atoms with van der Waals surface area (Å²) < 4.78 is 31.9. The number of rotatable bonds is 4. The molecule has 1 saturated heterocycles. The van der Waals surface area contributed by atoms with E-state index < -0.39 is 18.1 Å². The number of amides is 1. The number of nitrogens with one attached hydrogen (secondary N) is 1. The van der Waals surface area contributed by atoms with Crippen molar-refractivity contribution in [1.82, 2.24) is 15.3 Å². The van der Waals surface area contributed by atoms with Gasteiger partial charge in [0.1, 0.15) is 11.4 Å². The summed E-state index contributed by atoms with van der Waals surface area (Å²) in [5.41, 5.74) is 0.145. The summed E-state index contributed by atoms with van der Waals surface area (Å²) in [7, 11) is 0. The molecule has 1 aromatic heterocycles. The van der Waals surface area contributed by atoms with Gasteiger partial charge in [0.25, 0.3) is 6.43 Å². The van der Waals surface area contributed by atoms with Gasteiger partial charge in [-0.2, -0.15) is 0 Å². The lowest BCUT2D eigenvalue weighted by Gasteiger charge is -2.22. The van der Waals surface area contributed by atoms with Crippen molar-refractivity contribution < 1.29 is 21.2 Å². The molecule has 1 aromatic carbocycles. The molecule has 1 atom stereocenters. The smallest absolute Gasteiger partial charge is 0.407 e. The molecule has 1 fully saturated rings. The second kappa shape index (κ2) is 8.08. The molecule has 3 rings (SSSR count). The fourth-order valence-electron chi connectivity index (χ4n) is 3.12. The summed E-state index contributed by atoms with van der Waals surface area (Å²) in [5, 5.41) is 2.86. The highest BCUT2D eigenvalue weighted by atomic mass is 19.3. The first kappa shape index (κ1) is 20.0. The first-order valence-electron chi connectivity index (χ1n) is 9.17. The van der Waals surface area contributed by atoms with E-state index >= 15 is 0 Å². The maximum absolute atomic E-state index is 13.3. The zero-order valence-electron chi connectivity index (χ0n) is 16.2. The van der Waals surface area contributed by atoms with E-state index in [9.17, 15) is 13.6 Å². The molecule has 0 saturated carbocycles. The summed E-state index contributed by atoms with van der Waals surface area (Å²) >= 11 is 0. The Bertz CT molecular complexity index is 850. The standard InChI is InChI=1S/C20H24F2N4O2.2H2/c1-20(2,3)28-19(27)24-13-8-9-26(12-13)17-11-23-10-16(25-17)14-6-4-5-7-15(14)18(21)22;;/h4-7,10-11,13,18H,8-9,12H2,1-3H3,(H,24,27);2*1H/t13-;;/m1../s1. The van der Waals surface area contributed by atoms with Crippen LogP contribution in [0.5, 0.6) is 0 Å². The average molecular weight is 394 g/mol. The first-order chi connectivity index (χ1) is 13.2. The van der Waals surface area contributed by atoms with E-state index in [1.807, 2.05) is 25.7 Å². The Kier molecular flexibility index (Phi) is 5.76. The Hall–Kier alpha value is -2.77. The van der Waals surface area contributed by atoms with Gasteiger partial charge in [0, 0.05) is 27.1 Å². The lowest BCUT2D eigenvalue weighted by Crippen LogP contribution is -2.40. The lowest BCUT2D eigenvalue weighted by atomic mass is 10.1. The van der Waals surface area contributed by atoms with Gasteiger partial charge in [-0.15, -0.1) is 0 Å². The molecule has 2 heterocycles. The van der Waals surface area contributed by atoms with E-state index in [1.165, 1.54) is 12.3 Å². The zero-order chi connectivity index (χ0) is 20.3. The molecular formula is C20H28F2N4O2. The topological polar surface area (TPSA) is 67.3 Å². The number of alkyl carbamates (subject to hydrolysis) is 1. The molecule has 0 bridgehead atoms. The minimum atomic E-state index is -2.59. The van der Waals surface area contributed by atoms with Gasteiger partial charge in [-0.1, -0.05) is 24.3 Å². The number of alkyl halides is 2. The monoisotopic (exact) mass is 394 g/mol. The molecule has 1 N–H and O–H groups in total. The SMILES string of the molecule is CC(C)(C)OC(=O)N[C@@H]1CCN(c2cncc(-c3ccccc3C(F)F)n2)C1.[HH].[HH]. The summed E-state index contributed by atoms with van der Waals surface area (Å²) in [6, 6.07) is 6.22. The van der Waals surface area contributed by atoms with Crippen LogP contribution in [-0.2, 0) is 4.74 Å². The maximum atomic E-state index is 13.3. The van der Waals surface area contributed by atoms with Crippen LogP contribution >= 0.6 is 0 Å². The predicted molar refractivity (Wildman–Crippen MR) is 107 cm³/mol. The van der Waals surface area contributed by atoms with Crippen LogP contribution in [0.3, 0.4) is 0 Å². The van der Waals surface area contributed by atoms with Crippen LogP contribution < -0.4 is 10.2 Å². The largest absolute Gasteiger partial charge is 0.444 e. The number of hydrogen-bond donors (Lipinski definition) is 1. The van der Waals surface area contributed by atoms with Gasteiger partial charge < -0.3 is 15.0 Å². The van der Waals surface area contributed by atoms with Crippen molar-refractivity contribution in [3.05, 3.63) is 42.2 Å². The number of hydrogen-bond acceptors (Lipinski definition) is 5. The predicted octanol–water partition coefficient (Wildman–Crippen LogP) is 4.68. The molecule has 8 heteroatoms. The van der Waals surface area contributed by atoms with Crippen LogP contribution in [0.25, 0.3) is 11.3 Å². The Morgan fingerprint density at radius 1 is 1.32 bits per heavy atom. The zero-order valence-corrected chi connectivity index (χ0v) is 16.2. The molecule has 6 nitrogen and oxygen atoms in total. The molecule has 28 heavy (non-hydrogen) atoms. The highest BCUT2D eigenvalue weighted by Gasteiger charge is 2.27. The van der Waals surface area contributed by atoms with Crippen LogP contribution in [0.2, 0.25) is 0 Å². The van der Waals surface area contributed by atoms with Crippen molar-refractivity contribution in [2.24, 2.45) is 0 Å². The van der Waals surface area contributed by atoms with Gasteiger partial charge >= 0.3 is 6.09 Å². The number of nitrogens with zero attached hydrogens (tertiary/aromatic N) is 3. The molecular weight excluding hydrogens is 366 g/mol. The van der Waals surface area contributed by atoms with Gasteiger partial charge in [-0.25, -0.2) is 18.6 Å². The van der Waals surface area contributed by atoms with E-state index in [0.717, 1.165) is 6.42 Å². The van der Waals surface area contributed by atoms with Gasteiger partial charge in [0.05, 0.1) is 24.1 Å². The number of anilines is 1. The van der Waals surface area contributed by atoms with Gasteiger partial charge in [0.15, 0.2) is 0 Å². The number of carbonyl (C=O) groups excluding carboxylic acids is 1. The molecule has 2 aromatic rings. The number of aromatic nitrogens is 2. The van der Waals surface area contributed by atoms with Crippen LogP contribution in [0.4, 0.5) is 19.4 Å². The second-order valence-corrected chi connectivity index (χ2v) is 7.73. The molecule has 0 unspecified atom stereocenters. The number of halogens is 2. The Balaban J connectivity index is 0.00000225. The van der Waals surface area contributed by atoms with Crippen molar-refractivity contribution in [3.8, 4) is 11.3 Å². The normalized spacial score (nSPS) is 17.1. The van der Waals surface area contributed by atoms with Crippen LogP contribution in [-0.4, -0.2) is 40.8 Å². The van der Waals surface area contributed by atoms with E-state index in [1.54, 1.807) is 24.4 Å². The van der Waals surface area contributed by atoms with Crippen molar-refractivity contribution in [2.45, 2.75) is 45.3 Å². The van der Waals surface area contributed by atoms with Gasteiger partial charge in [-0.05, 0) is 27.2 Å². The van der Waals surface area contributed by atoms with Crippen LogP contribution in [0.15, 0.2) is 36.7 Å². The lowest BCUT2D eigenvalue weighted by molar-refractivity contribution is 0.0509. The van der Waals surface area contributed by atoms with Crippen molar-refractivity contribution >= 4 is 11.9 Å². The third-order valence-electron chi connectivity index (χ3n) is 4.33. The molecule has 1 aliphatic heterocycles. The minimum Gasteiger partial charge on any atom is -0.444 e. The average Bonchev–Trinajstić information content (AvgIpc) is 3.08. The Morgan fingerprint density at radius 3 is 2.79 bits per heavy atom. The summed E-state index contributed by atoms with van der Waals surface area (Å²) in [6.07, 6.45) is 0.779. The van der Waals surface area contributed by atoms with Crippen molar-refractivity contribution in [2.75, 3.05) is 18.0 Å². The molecule has 1 amide bonds. The minimum absolute atomic E-state index is 0. The first-order valence-corrected chi connectivity index (χ1v) is 9.17. The van der Waals surface area contributed by atoms with Crippen LogP contribution in [0, 0.1) is 0 Å². The molecule has 0 aliphatic carbocycles. The number of carbonyl (C=O) groups is 1. The fourth-order valence-corrected chi connectivity index (χ4v) is 3.12. The maximum Gasteiger partial charge on any atom is 0.407 e. The highest BCUT2D eigenvalue weighted by molar-refractivity contribution is 5.68. The molecule has 154 valence electrons. The summed E-state index contributed by atoms with van der Waals surface area (Å²) in [5.74, 6) is 0.593. The fraction of sp³-hybridized carbons (Fsp3) is 0.450. The third-order valence-corrected chi connectivity index (χ3v) is 4.33. The van der Waals surface area contributed by atoms with E-state index in [0.29, 0.717) is 30.2 Å². The molecule has 1 aliphatic rings. The van der Waals surface area contributed by atoms with E-state index in [4.69, 9.17) is 4.74 Å². The van der Waals surface area contributed by atoms with Crippen molar-refractivity contribution in [1.29, 1.82) is 0 Å². The van der Waals surface area contributed by atoms with Crippen LogP contribution in [0.1, 0.15) is 42.0 Å². The van der Waals surface area contributed by atoms with E-state index in [2.05, 4.69) is 15.3 Å². The Labute approximate surface area is 165 Å². The Morgan fingerprint density at radius 2 is 2.07 bits per heavy atom. The highest BCUT2D eigenvalue weighted by Crippen LogP contribution is 2.30. The summed E-state index contributed by atoms with van der Waals surface area (Å²) in [4.78, 5) is 22.6. The number of ether oxygens (including phenoxy) is 1. The summed E-state index contributed by atoms with van der Waals surface area (Å²) in [6.45, 7) is 6.66. The van der Waals surface area contributed by atoms with Gasteiger partial charge in [-0.3, -0.25) is 4.98 Å².